The van der Waals surface area contributed by atoms with Gasteiger partial charge in [0.25, 0.3) is 0 Å². The fourth-order valence-corrected chi connectivity index (χ4v) is 2.64. The zero-order valence-corrected chi connectivity index (χ0v) is 13.4. The fraction of sp³-hybridized carbons (Fsp3) is 0.333. The molecule has 0 aliphatic rings. The molecule has 1 unspecified atom stereocenters. The van der Waals surface area contributed by atoms with Crippen LogP contribution in [0.1, 0.15) is 29.8 Å². The predicted octanol–water partition coefficient (Wildman–Crippen LogP) is 3.26. The highest BCUT2D eigenvalue weighted by atomic mass is 79.9. The second-order valence-electron chi connectivity index (χ2n) is 4.42. The van der Waals surface area contributed by atoms with Crippen molar-refractivity contribution in [2.45, 2.75) is 19.9 Å². The average Bonchev–Trinajstić information content (AvgIpc) is 2.48. The molecule has 1 atom stereocenters. The van der Waals surface area contributed by atoms with Gasteiger partial charge < -0.3 is 10.1 Å². The quantitative estimate of drug-likeness (QED) is 0.910. The maximum absolute atomic E-state index is 5.34. The van der Waals surface area contributed by atoms with E-state index in [1.54, 1.807) is 19.5 Å². The molecular weight excluding hydrogens is 318 g/mol. The number of nitrogens with one attached hydrogen (secondary N) is 1. The molecule has 0 aliphatic carbocycles. The Morgan fingerprint density at radius 1 is 1.30 bits per heavy atom. The third-order valence-electron chi connectivity index (χ3n) is 3.10. The summed E-state index contributed by atoms with van der Waals surface area (Å²) in [4.78, 5) is 8.68. The average molecular weight is 336 g/mol. The maximum Gasteiger partial charge on any atom is 0.237 e. The van der Waals surface area contributed by atoms with Crippen molar-refractivity contribution in [1.82, 2.24) is 15.3 Å². The summed E-state index contributed by atoms with van der Waals surface area (Å²) >= 11 is 3.67. The van der Waals surface area contributed by atoms with Crippen LogP contribution >= 0.6 is 15.9 Å². The summed E-state index contributed by atoms with van der Waals surface area (Å²) in [6.07, 6.45) is 3.32. The molecule has 4 nitrogen and oxygen atoms in total. The molecular formula is C15H18BrN3O. The Balaban J connectivity index is 2.53. The molecule has 1 aromatic heterocycles. The predicted molar refractivity (Wildman–Crippen MR) is 83.0 cm³/mol. The largest absolute Gasteiger partial charge is 0.480 e. The lowest BCUT2D eigenvalue weighted by Crippen LogP contribution is -2.24. The fourth-order valence-electron chi connectivity index (χ4n) is 2.14. The number of aromatic nitrogens is 2. The zero-order valence-electron chi connectivity index (χ0n) is 11.9. The van der Waals surface area contributed by atoms with E-state index in [1.165, 1.54) is 5.56 Å². The molecule has 1 aromatic carbocycles. The third kappa shape index (κ3) is 2.99. The van der Waals surface area contributed by atoms with E-state index in [9.17, 15) is 0 Å². The van der Waals surface area contributed by atoms with E-state index < -0.39 is 0 Å². The topological polar surface area (TPSA) is 47.0 Å². The second-order valence-corrected chi connectivity index (χ2v) is 5.21. The van der Waals surface area contributed by atoms with Gasteiger partial charge in [0.05, 0.1) is 13.2 Å². The molecule has 5 heteroatoms. The lowest BCUT2D eigenvalue weighted by molar-refractivity contribution is 0.383. The van der Waals surface area contributed by atoms with Crippen LogP contribution in [0.15, 0.2) is 35.1 Å². The molecule has 0 fully saturated rings. The number of aryl methyl sites for hydroxylation is 1. The molecule has 106 valence electrons. The molecule has 2 rings (SSSR count). The Hall–Kier alpha value is -1.46. The summed E-state index contributed by atoms with van der Waals surface area (Å²) < 4.78 is 6.42. The van der Waals surface area contributed by atoms with Gasteiger partial charge >= 0.3 is 0 Å². The van der Waals surface area contributed by atoms with E-state index in [-0.39, 0.29) is 6.04 Å². The van der Waals surface area contributed by atoms with Gasteiger partial charge in [-0.15, -0.1) is 0 Å². The minimum atomic E-state index is -0.0575. The summed E-state index contributed by atoms with van der Waals surface area (Å²) in [5.74, 6) is 0.548. The van der Waals surface area contributed by atoms with Gasteiger partial charge in [-0.1, -0.05) is 41.1 Å². The van der Waals surface area contributed by atoms with Gasteiger partial charge in [0.15, 0.2) is 0 Å². The van der Waals surface area contributed by atoms with E-state index in [4.69, 9.17) is 4.74 Å². The molecule has 1 N–H and O–H groups in total. The Morgan fingerprint density at radius 2 is 2.05 bits per heavy atom. The molecule has 0 radical (unpaired) electrons. The molecule has 0 amide bonds. The van der Waals surface area contributed by atoms with E-state index >= 15 is 0 Å². The number of benzene rings is 1. The van der Waals surface area contributed by atoms with Gasteiger partial charge in [0, 0.05) is 16.9 Å². The number of rotatable bonds is 5. The highest BCUT2D eigenvalue weighted by Crippen LogP contribution is 2.32. The monoisotopic (exact) mass is 335 g/mol. The number of halogens is 1. The van der Waals surface area contributed by atoms with E-state index in [0.717, 1.165) is 22.3 Å². The maximum atomic E-state index is 5.34. The summed E-state index contributed by atoms with van der Waals surface area (Å²) in [6, 6.07) is 6.14. The van der Waals surface area contributed by atoms with Crippen LogP contribution in [0.5, 0.6) is 5.88 Å². The second kappa shape index (κ2) is 6.81. The lowest BCUT2D eigenvalue weighted by Gasteiger charge is -2.21. The standard InChI is InChI=1S/C15H18BrN3O/c1-4-17-13(11-7-5-6-10(2)12(11)16)14-15(20-3)19-9-8-18-14/h5-9,13,17H,4H2,1-3H3. The van der Waals surface area contributed by atoms with Crippen molar-refractivity contribution >= 4 is 15.9 Å². The van der Waals surface area contributed by atoms with Crippen molar-refractivity contribution in [1.29, 1.82) is 0 Å². The van der Waals surface area contributed by atoms with Crippen molar-refractivity contribution in [2.75, 3.05) is 13.7 Å². The SMILES string of the molecule is CCNC(c1cccc(C)c1Br)c1nccnc1OC. The first-order valence-electron chi connectivity index (χ1n) is 6.52. The Labute approximate surface area is 127 Å². The van der Waals surface area contributed by atoms with Crippen molar-refractivity contribution in [3.63, 3.8) is 0 Å². The van der Waals surface area contributed by atoms with Gasteiger partial charge in [0.1, 0.15) is 5.69 Å². The first kappa shape index (κ1) is 14.9. The van der Waals surface area contributed by atoms with Crippen LogP contribution in [-0.4, -0.2) is 23.6 Å². The van der Waals surface area contributed by atoms with E-state index in [0.29, 0.717) is 5.88 Å². The molecule has 0 spiro atoms. The molecule has 1 heterocycles. The summed E-state index contributed by atoms with van der Waals surface area (Å²) in [6.45, 7) is 4.97. The van der Waals surface area contributed by atoms with Crippen molar-refractivity contribution in [2.24, 2.45) is 0 Å². The smallest absolute Gasteiger partial charge is 0.237 e. The van der Waals surface area contributed by atoms with Crippen LogP contribution in [0, 0.1) is 6.92 Å². The Kier molecular flexibility index (Phi) is 5.09. The Morgan fingerprint density at radius 3 is 2.75 bits per heavy atom. The normalized spacial score (nSPS) is 12.2. The number of nitrogens with zero attached hydrogens (tertiary/aromatic N) is 2. The zero-order chi connectivity index (χ0) is 14.5. The van der Waals surface area contributed by atoms with Crippen molar-refractivity contribution in [3.8, 4) is 5.88 Å². The van der Waals surface area contributed by atoms with Crippen LogP contribution in [0.4, 0.5) is 0 Å². The number of hydrogen-bond donors (Lipinski definition) is 1. The van der Waals surface area contributed by atoms with Gasteiger partial charge in [-0.2, -0.15) is 0 Å². The minimum absolute atomic E-state index is 0.0575. The van der Waals surface area contributed by atoms with Gasteiger partial charge in [0.2, 0.25) is 5.88 Å². The van der Waals surface area contributed by atoms with Crippen molar-refractivity contribution in [3.05, 3.63) is 51.9 Å². The van der Waals surface area contributed by atoms with Gasteiger partial charge in [-0.3, -0.25) is 4.98 Å². The van der Waals surface area contributed by atoms with Crippen LogP contribution in [-0.2, 0) is 0 Å². The molecule has 0 aliphatic heterocycles. The minimum Gasteiger partial charge on any atom is -0.480 e. The molecule has 0 saturated heterocycles. The summed E-state index contributed by atoms with van der Waals surface area (Å²) in [5.41, 5.74) is 3.11. The highest BCUT2D eigenvalue weighted by molar-refractivity contribution is 9.10. The van der Waals surface area contributed by atoms with Crippen LogP contribution in [0.3, 0.4) is 0 Å². The molecule has 2 aromatic rings. The van der Waals surface area contributed by atoms with Crippen LogP contribution in [0.2, 0.25) is 0 Å². The summed E-state index contributed by atoms with van der Waals surface area (Å²) in [5, 5.41) is 3.45. The number of ether oxygens (including phenoxy) is 1. The Bertz CT molecular complexity index is 589. The van der Waals surface area contributed by atoms with Crippen molar-refractivity contribution < 1.29 is 4.74 Å². The third-order valence-corrected chi connectivity index (χ3v) is 4.18. The lowest BCUT2D eigenvalue weighted by atomic mass is 10.0. The highest BCUT2D eigenvalue weighted by Gasteiger charge is 2.22. The van der Waals surface area contributed by atoms with Gasteiger partial charge in [-0.25, -0.2) is 4.98 Å². The molecule has 20 heavy (non-hydrogen) atoms. The number of hydrogen-bond acceptors (Lipinski definition) is 4. The molecule has 0 saturated carbocycles. The number of methoxy groups -OCH3 is 1. The van der Waals surface area contributed by atoms with Crippen LogP contribution < -0.4 is 10.1 Å². The van der Waals surface area contributed by atoms with E-state index in [2.05, 4.69) is 57.2 Å². The first-order chi connectivity index (χ1) is 9.69. The molecule has 0 bridgehead atoms. The van der Waals surface area contributed by atoms with Gasteiger partial charge in [-0.05, 0) is 24.6 Å². The summed E-state index contributed by atoms with van der Waals surface area (Å²) in [7, 11) is 1.61. The van der Waals surface area contributed by atoms with E-state index in [1.807, 2.05) is 6.07 Å². The first-order valence-corrected chi connectivity index (χ1v) is 7.31. The van der Waals surface area contributed by atoms with Crippen LogP contribution in [0.25, 0.3) is 0 Å².